The maximum atomic E-state index is 11.3. The van der Waals surface area contributed by atoms with Gasteiger partial charge in [-0.3, -0.25) is 19.3 Å². The van der Waals surface area contributed by atoms with Crippen LogP contribution in [0.4, 0.5) is 0 Å². The van der Waals surface area contributed by atoms with Gasteiger partial charge in [0, 0.05) is 26.1 Å². The Morgan fingerprint density at radius 2 is 1.77 bits per heavy atom. The van der Waals surface area contributed by atoms with Crippen molar-refractivity contribution >= 4 is 17.7 Å². The Hall–Kier alpha value is -1.39. The number of likely N-dealkylation sites (tertiary alicyclic amines) is 2. The first-order valence-electron chi connectivity index (χ1n) is 4.34. The monoisotopic (exact) mass is 182 g/mol. The molecule has 13 heavy (non-hydrogen) atoms. The number of hydrogen-bond donors (Lipinski definition) is 0. The fourth-order valence-electron chi connectivity index (χ4n) is 1.30. The van der Waals surface area contributed by atoms with Crippen LogP contribution < -0.4 is 0 Å². The number of carbonyl (C=O) groups is 3. The summed E-state index contributed by atoms with van der Waals surface area (Å²) in [6.07, 6.45) is 1.34. The van der Waals surface area contributed by atoms with Gasteiger partial charge in [0.05, 0.1) is 0 Å². The summed E-state index contributed by atoms with van der Waals surface area (Å²) in [7, 11) is 0. The van der Waals surface area contributed by atoms with Gasteiger partial charge in [-0.25, -0.2) is 0 Å². The quantitative estimate of drug-likeness (QED) is 0.356. The summed E-state index contributed by atoms with van der Waals surface area (Å²) in [5, 5.41) is 0. The number of amides is 3. The van der Waals surface area contributed by atoms with Crippen molar-refractivity contribution in [1.29, 1.82) is 0 Å². The van der Waals surface area contributed by atoms with Crippen LogP contribution in [0.15, 0.2) is 0 Å². The van der Waals surface area contributed by atoms with Crippen LogP contribution in [0.5, 0.6) is 0 Å². The molecule has 0 atom stereocenters. The highest BCUT2D eigenvalue weighted by molar-refractivity contribution is 6.38. The molecule has 0 unspecified atom stereocenters. The van der Waals surface area contributed by atoms with Gasteiger partial charge < -0.3 is 4.90 Å². The van der Waals surface area contributed by atoms with Gasteiger partial charge in [-0.15, -0.1) is 0 Å². The van der Waals surface area contributed by atoms with E-state index in [1.54, 1.807) is 0 Å². The normalized spacial score (nSPS) is 20.8. The molecular formula is C8H10N2O3. The minimum atomic E-state index is -0.657. The maximum absolute atomic E-state index is 11.3. The van der Waals surface area contributed by atoms with Gasteiger partial charge >= 0.3 is 11.8 Å². The van der Waals surface area contributed by atoms with Crippen LogP contribution in [0.1, 0.15) is 12.8 Å². The van der Waals surface area contributed by atoms with Crippen LogP contribution in [0.3, 0.4) is 0 Å². The van der Waals surface area contributed by atoms with Crippen molar-refractivity contribution in [1.82, 2.24) is 9.80 Å². The molecule has 0 radical (unpaired) electrons. The minimum Gasteiger partial charge on any atom is -0.334 e. The van der Waals surface area contributed by atoms with Gasteiger partial charge in [-0.05, 0) is 6.42 Å². The lowest BCUT2D eigenvalue weighted by molar-refractivity contribution is -0.162. The van der Waals surface area contributed by atoms with E-state index < -0.39 is 11.8 Å². The van der Waals surface area contributed by atoms with Crippen LogP contribution >= 0.6 is 0 Å². The molecule has 0 N–H and O–H groups in total. The molecule has 0 saturated carbocycles. The van der Waals surface area contributed by atoms with Crippen LogP contribution in [0, 0.1) is 0 Å². The Bertz CT molecular complexity index is 283. The first-order valence-corrected chi connectivity index (χ1v) is 4.34. The lowest BCUT2D eigenvalue weighted by Crippen LogP contribution is -2.56. The average Bonchev–Trinajstić information content (AvgIpc) is 1.98. The summed E-state index contributed by atoms with van der Waals surface area (Å²) < 4.78 is 0. The van der Waals surface area contributed by atoms with E-state index in [9.17, 15) is 14.4 Å². The third-order valence-corrected chi connectivity index (χ3v) is 2.42. The molecule has 5 heteroatoms. The highest BCUT2D eigenvalue weighted by Crippen LogP contribution is 2.12. The van der Waals surface area contributed by atoms with Gasteiger partial charge in [0.25, 0.3) is 0 Å². The number of imide groups is 1. The Kier molecular flexibility index (Phi) is 1.79. The molecule has 0 aliphatic carbocycles. The third-order valence-electron chi connectivity index (χ3n) is 2.42. The van der Waals surface area contributed by atoms with Crippen LogP contribution in [0.25, 0.3) is 0 Å². The molecule has 2 aliphatic heterocycles. The minimum absolute atomic E-state index is 0.237. The highest BCUT2D eigenvalue weighted by Gasteiger charge is 2.37. The number of nitrogens with zero attached hydrogens (tertiary/aromatic N) is 2. The zero-order valence-corrected chi connectivity index (χ0v) is 7.15. The second-order valence-corrected chi connectivity index (χ2v) is 3.25. The molecule has 2 aliphatic rings. The molecule has 0 aromatic heterocycles. The number of rotatable bonds is 0. The van der Waals surface area contributed by atoms with Crippen molar-refractivity contribution in [2.75, 3.05) is 19.6 Å². The van der Waals surface area contributed by atoms with Gasteiger partial charge in [0.2, 0.25) is 5.91 Å². The third kappa shape index (κ3) is 1.20. The van der Waals surface area contributed by atoms with Crippen molar-refractivity contribution in [3.05, 3.63) is 0 Å². The van der Waals surface area contributed by atoms with Crippen LogP contribution in [0.2, 0.25) is 0 Å². The van der Waals surface area contributed by atoms with E-state index in [0.717, 1.165) is 11.3 Å². The molecule has 2 rings (SSSR count). The SMILES string of the molecule is O=C(C(=O)N1CCC1=O)N1CCC1. The first kappa shape index (κ1) is 8.22. The van der Waals surface area contributed by atoms with Crippen molar-refractivity contribution < 1.29 is 14.4 Å². The summed E-state index contributed by atoms with van der Waals surface area (Å²) in [5.74, 6) is -1.42. The number of hydrogen-bond acceptors (Lipinski definition) is 3. The van der Waals surface area contributed by atoms with Crippen molar-refractivity contribution in [3.8, 4) is 0 Å². The Morgan fingerprint density at radius 1 is 1.08 bits per heavy atom. The summed E-state index contributed by atoms with van der Waals surface area (Å²) in [6.45, 7) is 1.69. The standard InChI is InChI=1S/C8H10N2O3/c11-6-2-5-10(6)8(13)7(12)9-3-1-4-9/h1-5H2. The molecule has 2 saturated heterocycles. The van der Waals surface area contributed by atoms with E-state index in [1.807, 2.05) is 0 Å². The van der Waals surface area contributed by atoms with Gasteiger partial charge in [-0.2, -0.15) is 0 Å². The summed E-state index contributed by atoms with van der Waals surface area (Å²) in [6, 6.07) is 0. The largest absolute Gasteiger partial charge is 0.334 e. The van der Waals surface area contributed by atoms with Gasteiger partial charge in [-0.1, -0.05) is 0 Å². The molecule has 0 aromatic carbocycles. The molecule has 0 bridgehead atoms. The zero-order valence-electron chi connectivity index (χ0n) is 7.15. The molecule has 2 heterocycles. The second kappa shape index (κ2) is 2.83. The van der Waals surface area contributed by atoms with E-state index >= 15 is 0 Å². The molecule has 70 valence electrons. The summed E-state index contributed by atoms with van der Waals surface area (Å²) in [4.78, 5) is 35.9. The van der Waals surface area contributed by atoms with Crippen molar-refractivity contribution in [2.45, 2.75) is 12.8 Å². The molecule has 5 nitrogen and oxygen atoms in total. The van der Waals surface area contributed by atoms with Crippen molar-refractivity contribution in [3.63, 3.8) is 0 Å². The first-order chi connectivity index (χ1) is 6.20. The van der Waals surface area contributed by atoms with Gasteiger partial charge in [0.1, 0.15) is 0 Å². The fourth-order valence-corrected chi connectivity index (χ4v) is 1.30. The van der Waals surface area contributed by atoms with E-state index in [2.05, 4.69) is 0 Å². The summed E-state index contributed by atoms with van der Waals surface area (Å²) in [5.41, 5.74) is 0. The highest BCUT2D eigenvalue weighted by atomic mass is 16.2. The summed E-state index contributed by atoms with van der Waals surface area (Å²) >= 11 is 0. The topological polar surface area (TPSA) is 57.7 Å². The fraction of sp³-hybridized carbons (Fsp3) is 0.625. The predicted octanol–water partition coefficient (Wildman–Crippen LogP) is -1.02. The predicted molar refractivity (Wildman–Crippen MR) is 42.5 cm³/mol. The Morgan fingerprint density at radius 3 is 2.08 bits per heavy atom. The van der Waals surface area contributed by atoms with E-state index in [0.29, 0.717) is 26.1 Å². The second-order valence-electron chi connectivity index (χ2n) is 3.25. The maximum Gasteiger partial charge on any atom is 0.318 e. The van der Waals surface area contributed by atoms with Crippen LogP contribution in [-0.4, -0.2) is 47.2 Å². The number of β-lactam (4-membered cyclic amide) rings is 1. The lowest BCUT2D eigenvalue weighted by atomic mass is 10.1. The molecule has 0 spiro atoms. The lowest BCUT2D eigenvalue weighted by Gasteiger charge is -2.34. The Balaban J connectivity index is 1.95. The average molecular weight is 182 g/mol. The zero-order chi connectivity index (χ0) is 9.42. The van der Waals surface area contributed by atoms with E-state index in [-0.39, 0.29) is 5.91 Å². The molecule has 0 aromatic rings. The van der Waals surface area contributed by atoms with Crippen molar-refractivity contribution in [2.24, 2.45) is 0 Å². The van der Waals surface area contributed by atoms with E-state index in [1.165, 1.54) is 4.90 Å². The van der Waals surface area contributed by atoms with E-state index in [4.69, 9.17) is 0 Å². The molecule has 2 fully saturated rings. The molecule has 3 amide bonds. The Labute approximate surface area is 75.3 Å². The van der Waals surface area contributed by atoms with Crippen LogP contribution in [-0.2, 0) is 14.4 Å². The van der Waals surface area contributed by atoms with Gasteiger partial charge in [0.15, 0.2) is 0 Å². The smallest absolute Gasteiger partial charge is 0.318 e. The number of carbonyl (C=O) groups excluding carboxylic acids is 3. The molecular weight excluding hydrogens is 172 g/mol.